The van der Waals surface area contributed by atoms with Crippen LogP contribution < -0.4 is 5.32 Å². The van der Waals surface area contributed by atoms with Gasteiger partial charge in [0.25, 0.3) is 0 Å². The molecule has 0 heterocycles. The predicted octanol–water partition coefficient (Wildman–Crippen LogP) is 5.64. The number of nitrogens with one attached hydrogen (secondary N) is 1. The lowest BCUT2D eigenvalue weighted by Crippen LogP contribution is -2.24. The third kappa shape index (κ3) is 4.34. The van der Waals surface area contributed by atoms with Gasteiger partial charge in [0.1, 0.15) is 0 Å². The van der Waals surface area contributed by atoms with E-state index in [2.05, 4.69) is 46.4 Å². The zero-order valence-corrected chi connectivity index (χ0v) is 13.7. The summed E-state index contributed by atoms with van der Waals surface area (Å²) in [7, 11) is 0. The van der Waals surface area contributed by atoms with Crippen LogP contribution in [-0.2, 0) is 0 Å². The van der Waals surface area contributed by atoms with E-state index in [0.717, 1.165) is 22.5 Å². The molecule has 0 saturated heterocycles. The van der Waals surface area contributed by atoms with E-state index in [4.69, 9.17) is 11.6 Å². The summed E-state index contributed by atoms with van der Waals surface area (Å²) < 4.78 is 1.05. The predicted molar refractivity (Wildman–Crippen MR) is 86.7 cm³/mol. The van der Waals surface area contributed by atoms with Gasteiger partial charge in [-0.2, -0.15) is 0 Å². The van der Waals surface area contributed by atoms with Crippen molar-refractivity contribution in [2.45, 2.75) is 45.1 Å². The first-order valence-corrected chi connectivity index (χ1v) is 8.26. The van der Waals surface area contributed by atoms with E-state index in [-0.39, 0.29) is 0 Å². The molecule has 0 fully saturated rings. The van der Waals surface area contributed by atoms with Gasteiger partial charge in [0.2, 0.25) is 0 Å². The molecule has 1 aromatic rings. The van der Waals surface area contributed by atoms with Crippen LogP contribution in [0.4, 0.5) is 0 Å². The molecule has 1 unspecified atom stereocenters. The number of benzene rings is 1. The number of allylic oxidation sites excluding steroid dienone is 1. The quantitative estimate of drug-likeness (QED) is 0.682. The van der Waals surface area contributed by atoms with E-state index in [1.807, 2.05) is 6.07 Å². The van der Waals surface area contributed by atoms with Crippen molar-refractivity contribution < 1.29 is 0 Å². The first-order chi connectivity index (χ1) is 9.20. The van der Waals surface area contributed by atoms with Crippen LogP contribution in [0.5, 0.6) is 0 Å². The van der Waals surface area contributed by atoms with Crippen molar-refractivity contribution in [3.05, 3.63) is 44.9 Å². The molecule has 3 heteroatoms. The molecule has 1 aliphatic carbocycles. The fraction of sp³-hybridized carbons (Fsp3) is 0.500. The lowest BCUT2D eigenvalue weighted by atomic mass is 9.90. The third-order valence-electron chi connectivity index (χ3n) is 3.51. The Morgan fingerprint density at radius 2 is 2.16 bits per heavy atom. The Labute approximate surface area is 129 Å². The van der Waals surface area contributed by atoms with Crippen molar-refractivity contribution in [3.63, 3.8) is 0 Å². The van der Waals surface area contributed by atoms with Gasteiger partial charge in [-0.05, 0) is 62.4 Å². The summed E-state index contributed by atoms with van der Waals surface area (Å²) in [5.74, 6) is 0. The second kappa shape index (κ2) is 7.47. The first kappa shape index (κ1) is 15.1. The van der Waals surface area contributed by atoms with Gasteiger partial charge in [0.15, 0.2) is 0 Å². The molecule has 0 bridgehead atoms. The highest BCUT2D eigenvalue weighted by atomic mass is 79.9. The van der Waals surface area contributed by atoms with Gasteiger partial charge in [0, 0.05) is 9.50 Å². The van der Waals surface area contributed by atoms with E-state index >= 15 is 0 Å². The highest BCUT2D eigenvalue weighted by Gasteiger charge is 2.18. The average molecular weight is 343 g/mol. The van der Waals surface area contributed by atoms with Gasteiger partial charge < -0.3 is 5.32 Å². The number of hydrogen-bond donors (Lipinski definition) is 1. The van der Waals surface area contributed by atoms with Crippen molar-refractivity contribution in [3.8, 4) is 0 Å². The Hall–Kier alpha value is -0.310. The minimum atomic E-state index is 0.315. The topological polar surface area (TPSA) is 12.0 Å². The molecule has 1 N–H and O–H groups in total. The van der Waals surface area contributed by atoms with Crippen LogP contribution in [0.25, 0.3) is 0 Å². The summed E-state index contributed by atoms with van der Waals surface area (Å²) in [4.78, 5) is 0. The molecule has 0 saturated carbocycles. The molecular weight excluding hydrogens is 322 g/mol. The molecule has 1 nitrogen and oxygen atoms in total. The van der Waals surface area contributed by atoms with Gasteiger partial charge in [-0.3, -0.25) is 0 Å². The van der Waals surface area contributed by atoms with Crippen molar-refractivity contribution >= 4 is 27.5 Å². The SMILES string of the molecule is CCCNC(C1=CCCCC1)c1cc(Cl)cc(Br)c1. The lowest BCUT2D eigenvalue weighted by molar-refractivity contribution is 0.546. The van der Waals surface area contributed by atoms with Gasteiger partial charge in [-0.15, -0.1) is 0 Å². The second-order valence-corrected chi connectivity index (χ2v) is 6.47. The molecule has 0 radical (unpaired) electrons. The Balaban J connectivity index is 2.27. The van der Waals surface area contributed by atoms with Gasteiger partial charge in [-0.1, -0.05) is 46.1 Å². The van der Waals surface area contributed by atoms with Crippen LogP contribution in [-0.4, -0.2) is 6.54 Å². The Morgan fingerprint density at radius 3 is 2.79 bits per heavy atom. The minimum absolute atomic E-state index is 0.315. The Morgan fingerprint density at radius 1 is 1.32 bits per heavy atom. The van der Waals surface area contributed by atoms with Crippen molar-refractivity contribution in [2.75, 3.05) is 6.54 Å². The maximum atomic E-state index is 6.19. The maximum absolute atomic E-state index is 6.19. The molecule has 0 aromatic heterocycles. The van der Waals surface area contributed by atoms with Crippen LogP contribution in [0.2, 0.25) is 5.02 Å². The summed E-state index contributed by atoms with van der Waals surface area (Å²) in [5.41, 5.74) is 2.79. The molecule has 0 amide bonds. The van der Waals surface area contributed by atoms with Gasteiger partial charge >= 0.3 is 0 Å². The third-order valence-corrected chi connectivity index (χ3v) is 4.19. The molecule has 0 spiro atoms. The number of hydrogen-bond acceptors (Lipinski definition) is 1. The fourth-order valence-electron chi connectivity index (χ4n) is 2.62. The second-order valence-electron chi connectivity index (χ2n) is 5.11. The van der Waals surface area contributed by atoms with Crippen molar-refractivity contribution in [2.24, 2.45) is 0 Å². The zero-order chi connectivity index (χ0) is 13.7. The van der Waals surface area contributed by atoms with Crippen LogP contribution in [0, 0.1) is 0 Å². The molecule has 0 aliphatic heterocycles. The van der Waals surface area contributed by atoms with E-state index < -0.39 is 0 Å². The van der Waals surface area contributed by atoms with E-state index in [9.17, 15) is 0 Å². The first-order valence-electron chi connectivity index (χ1n) is 7.09. The molecule has 2 rings (SSSR count). The monoisotopic (exact) mass is 341 g/mol. The highest BCUT2D eigenvalue weighted by Crippen LogP contribution is 2.32. The van der Waals surface area contributed by atoms with Crippen molar-refractivity contribution in [1.29, 1.82) is 0 Å². The number of rotatable bonds is 5. The molecule has 1 aliphatic rings. The molecule has 104 valence electrons. The lowest BCUT2D eigenvalue weighted by Gasteiger charge is -2.25. The molecule has 1 atom stereocenters. The smallest absolute Gasteiger partial charge is 0.0536 e. The zero-order valence-electron chi connectivity index (χ0n) is 11.4. The van der Waals surface area contributed by atoms with Crippen LogP contribution in [0.15, 0.2) is 34.3 Å². The molecule has 1 aromatic carbocycles. The van der Waals surface area contributed by atoms with Crippen LogP contribution >= 0.6 is 27.5 Å². The summed E-state index contributed by atoms with van der Waals surface area (Å²) in [6.07, 6.45) is 8.59. The van der Waals surface area contributed by atoms with Crippen molar-refractivity contribution in [1.82, 2.24) is 5.32 Å². The summed E-state index contributed by atoms with van der Waals surface area (Å²) in [5, 5.41) is 4.46. The molecule has 19 heavy (non-hydrogen) atoms. The minimum Gasteiger partial charge on any atom is -0.307 e. The van der Waals surface area contributed by atoms with Crippen LogP contribution in [0.3, 0.4) is 0 Å². The summed E-state index contributed by atoms with van der Waals surface area (Å²) >= 11 is 9.73. The highest BCUT2D eigenvalue weighted by molar-refractivity contribution is 9.10. The van der Waals surface area contributed by atoms with Crippen LogP contribution in [0.1, 0.15) is 50.6 Å². The fourth-order valence-corrected chi connectivity index (χ4v) is 3.50. The summed E-state index contributed by atoms with van der Waals surface area (Å²) in [6.45, 7) is 3.24. The average Bonchev–Trinajstić information content (AvgIpc) is 2.39. The molecular formula is C16H21BrClN. The summed E-state index contributed by atoms with van der Waals surface area (Å²) in [6, 6.07) is 6.51. The van der Waals surface area contributed by atoms with E-state index in [1.165, 1.54) is 36.8 Å². The maximum Gasteiger partial charge on any atom is 0.0536 e. The largest absolute Gasteiger partial charge is 0.307 e. The number of halogens is 2. The van der Waals surface area contributed by atoms with E-state index in [1.54, 1.807) is 0 Å². The normalized spacial score (nSPS) is 17.1. The Bertz CT molecular complexity index is 436. The van der Waals surface area contributed by atoms with Gasteiger partial charge in [-0.25, -0.2) is 0 Å². The Kier molecular flexibility index (Phi) is 5.93. The van der Waals surface area contributed by atoms with E-state index in [0.29, 0.717) is 6.04 Å². The standard InChI is InChI=1S/C16H21BrClN/c1-2-8-19-16(12-6-4-3-5-7-12)13-9-14(17)11-15(18)10-13/h6,9-11,16,19H,2-5,7-8H2,1H3. The van der Waals surface area contributed by atoms with Gasteiger partial charge in [0.05, 0.1) is 6.04 Å².